The van der Waals surface area contributed by atoms with Gasteiger partial charge in [0.1, 0.15) is 0 Å². The molecule has 2 N–H and O–H groups in total. The van der Waals surface area contributed by atoms with Crippen molar-refractivity contribution in [3.8, 4) is 0 Å². The maximum absolute atomic E-state index is 13.0. The van der Waals surface area contributed by atoms with Gasteiger partial charge in [0, 0.05) is 17.8 Å². The molecule has 1 atom stereocenters. The van der Waals surface area contributed by atoms with Gasteiger partial charge in [0.15, 0.2) is 5.76 Å². The Bertz CT molecular complexity index is 1090. The van der Waals surface area contributed by atoms with Gasteiger partial charge in [-0.15, -0.1) is 0 Å². The van der Waals surface area contributed by atoms with E-state index in [0.29, 0.717) is 23.7 Å². The van der Waals surface area contributed by atoms with Crippen LogP contribution in [-0.2, 0) is 9.53 Å². The topological polar surface area (TPSA) is 98.9 Å². The van der Waals surface area contributed by atoms with Crippen LogP contribution in [0.3, 0.4) is 0 Å². The molecule has 0 saturated carbocycles. The Morgan fingerprint density at radius 1 is 1.19 bits per heavy atom. The standard InChI is InChI=1S/C24H30N2O5/c1-13(2)11-19-18(12-25)21(17-9-7-14(3)8-10-17)20(23(27)29-6)15(4)26(19)22-16(5)30-24(28)31-22/h7-10,13,15H,11-12,25H2,1-6H3. The number of hydrogen-bond donors (Lipinski definition) is 1. The van der Waals surface area contributed by atoms with Crippen LogP contribution >= 0.6 is 0 Å². The van der Waals surface area contributed by atoms with Gasteiger partial charge in [0.05, 0.1) is 18.7 Å². The number of carbonyl (C=O) groups is 1. The number of aryl methyl sites for hydroxylation is 2. The normalized spacial score (nSPS) is 17.0. The Balaban J connectivity index is 2.38. The Hall–Kier alpha value is -3.06. The molecule has 0 fully saturated rings. The number of hydrogen-bond acceptors (Lipinski definition) is 7. The van der Waals surface area contributed by atoms with Crippen LogP contribution in [0.1, 0.15) is 44.1 Å². The molecular weight excluding hydrogens is 396 g/mol. The lowest BCUT2D eigenvalue weighted by Gasteiger charge is -2.39. The molecule has 0 spiro atoms. The number of nitrogens with two attached hydrogens (primary N) is 1. The highest BCUT2D eigenvalue weighted by atomic mass is 16.6. The average Bonchev–Trinajstić information content (AvgIpc) is 3.05. The van der Waals surface area contributed by atoms with E-state index in [4.69, 9.17) is 19.3 Å². The first-order valence-corrected chi connectivity index (χ1v) is 10.4. The summed E-state index contributed by atoms with van der Waals surface area (Å²) >= 11 is 0. The molecule has 0 aliphatic carbocycles. The van der Waals surface area contributed by atoms with Gasteiger partial charge in [0.2, 0.25) is 5.88 Å². The third-order valence-corrected chi connectivity index (χ3v) is 5.50. The maximum Gasteiger partial charge on any atom is 0.520 e. The van der Waals surface area contributed by atoms with E-state index in [1.165, 1.54) is 7.11 Å². The summed E-state index contributed by atoms with van der Waals surface area (Å²) in [6.07, 6.45) is 0.676. The van der Waals surface area contributed by atoms with Crippen LogP contribution in [0, 0.1) is 19.8 Å². The fourth-order valence-electron chi connectivity index (χ4n) is 4.14. The van der Waals surface area contributed by atoms with E-state index in [0.717, 1.165) is 28.0 Å². The molecular formula is C24H30N2O5. The van der Waals surface area contributed by atoms with Crippen molar-refractivity contribution in [3.63, 3.8) is 0 Å². The van der Waals surface area contributed by atoms with Crippen LogP contribution in [0.25, 0.3) is 5.57 Å². The van der Waals surface area contributed by atoms with Crippen molar-refractivity contribution >= 4 is 17.4 Å². The summed E-state index contributed by atoms with van der Waals surface area (Å²) in [4.78, 5) is 26.7. The van der Waals surface area contributed by atoms with E-state index < -0.39 is 17.8 Å². The van der Waals surface area contributed by atoms with Crippen molar-refractivity contribution in [1.82, 2.24) is 0 Å². The molecule has 1 aliphatic rings. The third-order valence-electron chi connectivity index (χ3n) is 5.50. The number of nitrogens with zero attached hydrogens (tertiary/aromatic N) is 1. The smallest absolute Gasteiger partial charge is 0.466 e. The lowest BCUT2D eigenvalue weighted by molar-refractivity contribution is -0.136. The minimum atomic E-state index is -0.786. The van der Waals surface area contributed by atoms with E-state index >= 15 is 0 Å². The highest BCUT2D eigenvalue weighted by molar-refractivity contribution is 6.05. The second-order valence-electron chi connectivity index (χ2n) is 8.24. The third kappa shape index (κ3) is 4.23. The lowest BCUT2D eigenvalue weighted by Crippen LogP contribution is -2.42. The molecule has 1 aromatic heterocycles. The van der Waals surface area contributed by atoms with E-state index in [1.807, 2.05) is 43.0 Å². The first-order valence-electron chi connectivity index (χ1n) is 10.4. The fourth-order valence-corrected chi connectivity index (χ4v) is 4.14. The number of carbonyl (C=O) groups excluding carboxylic acids is 1. The minimum Gasteiger partial charge on any atom is -0.466 e. The average molecular weight is 427 g/mol. The molecule has 1 aromatic carbocycles. The van der Waals surface area contributed by atoms with Crippen LogP contribution in [0.4, 0.5) is 5.88 Å². The van der Waals surface area contributed by atoms with Crippen molar-refractivity contribution in [1.29, 1.82) is 0 Å². The molecule has 31 heavy (non-hydrogen) atoms. The quantitative estimate of drug-likeness (QED) is 0.698. The predicted molar refractivity (Wildman–Crippen MR) is 120 cm³/mol. The zero-order chi connectivity index (χ0) is 22.9. The molecule has 1 unspecified atom stereocenters. The molecule has 0 bridgehead atoms. The molecule has 166 valence electrons. The van der Waals surface area contributed by atoms with Crippen molar-refractivity contribution < 1.29 is 18.4 Å². The Morgan fingerprint density at radius 2 is 1.84 bits per heavy atom. The number of esters is 1. The first kappa shape index (κ1) is 22.6. The first-order chi connectivity index (χ1) is 14.7. The van der Waals surface area contributed by atoms with Gasteiger partial charge in [-0.3, -0.25) is 0 Å². The minimum absolute atomic E-state index is 0.204. The van der Waals surface area contributed by atoms with Gasteiger partial charge in [0.25, 0.3) is 0 Å². The molecule has 1 aliphatic heterocycles. The number of rotatable bonds is 6. The predicted octanol–water partition coefficient (Wildman–Crippen LogP) is 3.94. The fraction of sp³-hybridized carbons (Fsp3) is 0.417. The van der Waals surface area contributed by atoms with Crippen LogP contribution in [0.2, 0.25) is 0 Å². The summed E-state index contributed by atoms with van der Waals surface area (Å²) in [7, 11) is 1.36. The van der Waals surface area contributed by atoms with Gasteiger partial charge in [-0.1, -0.05) is 43.7 Å². The van der Waals surface area contributed by atoms with Crippen LogP contribution in [0.15, 0.2) is 54.7 Å². The van der Waals surface area contributed by atoms with Gasteiger partial charge in [-0.05, 0) is 44.2 Å². The molecule has 0 amide bonds. The summed E-state index contributed by atoms with van der Waals surface area (Å²) in [6.45, 7) is 9.98. The largest absolute Gasteiger partial charge is 0.520 e. The maximum atomic E-state index is 13.0. The molecule has 2 aromatic rings. The summed E-state index contributed by atoms with van der Waals surface area (Å²) in [5.41, 5.74) is 11.2. The Kier molecular flexibility index (Phi) is 6.55. The molecule has 0 saturated heterocycles. The SMILES string of the molecule is COC(=O)C1=C(c2ccc(C)cc2)C(CN)=C(CC(C)C)N(c2oc(=O)oc2C)C1C. The van der Waals surface area contributed by atoms with Crippen molar-refractivity contribution in [2.45, 2.75) is 47.1 Å². The number of anilines is 1. The molecule has 0 radical (unpaired) electrons. The number of ether oxygens (including phenoxy) is 1. The molecule has 7 nitrogen and oxygen atoms in total. The van der Waals surface area contributed by atoms with Gasteiger partial charge >= 0.3 is 11.8 Å². The highest BCUT2D eigenvalue weighted by Crippen LogP contribution is 2.43. The number of allylic oxidation sites excluding steroid dienone is 1. The van der Waals surface area contributed by atoms with Gasteiger partial charge < -0.3 is 24.2 Å². The van der Waals surface area contributed by atoms with Crippen LogP contribution in [-0.4, -0.2) is 25.7 Å². The monoisotopic (exact) mass is 426 g/mol. The Labute approximate surface area is 182 Å². The van der Waals surface area contributed by atoms with Crippen molar-refractivity contribution in [3.05, 3.63) is 68.6 Å². The molecule has 7 heteroatoms. The van der Waals surface area contributed by atoms with E-state index in [1.54, 1.807) is 6.92 Å². The van der Waals surface area contributed by atoms with Crippen LogP contribution < -0.4 is 16.5 Å². The van der Waals surface area contributed by atoms with E-state index in [9.17, 15) is 9.59 Å². The van der Waals surface area contributed by atoms with Crippen LogP contribution in [0.5, 0.6) is 0 Å². The number of methoxy groups -OCH3 is 1. The zero-order valence-electron chi connectivity index (χ0n) is 18.9. The Morgan fingerprint density at radius 3 is 2.32 bits per heavy atom. The molecule has 3 rings (SSSR count). The van der Waals surface area contributed by atoms with E-state index in [-0.39, 0.29) is 12.4 Å². The van der Waals surface area contributed by atoms with E-state index in [2.05, 4.69) is 13.8 Å². The summed E-state index contributed by atoms with van der Waals surface area (Å²) in [5.74, 6) is -0.318. The second kappa shape index (κ2) is 8.98. The summed E-state index contributed by atoms with van der Waals surface area (Å²) in [6, 6.07) is 7.52. The van der Waals surface area contributed by atoms with Crippen molar-refractivity contribution in [2.24, 2.45) is 11.7 Å². The number of benzene rings is 1. The van der Waals surface area contributed by atoms with Gasteiger partial charge in [-0.25, -0.2) is 9.59 Å². The molecule has 2 heterocycles. The lowest BCUT2D eigenvalue weighted by atomic mass is 9.82. The van der Waals surface area contributed by atoms with Gasteiger partial charge in [-0.2, -0.15) is 0 Å². The summed E-state index contributed by atoms with van der Waals surface area (Å²) < 4.78 is 15.7. The second-order valence-corrected chi connectivity index (χ2v) is 8.24. The summed E-state index contributed by atoms with van der Waals surface area (Å²) in [5, 5.41) is 0. The highest BCUT2D eigenvalue weighted by Gasteiger charge is 2.39. The van der Waals surface area contributed by atoms with Crippen molar-refractivity contribution in [2.75, 3.05) is 18.6 Å². The zero-order valence-corrected chi connectivity index (χ0v) is 18.9.